The van der Waals surface area contributed by atoms with E-state index in [1.54, 1.807) is 7.11 Å². The van der Waals surface area contributed by atoms with Gasteiger partial charge in [0.05, 0.1) is 7.11 Å². The molecular formula is C16H25NO3. The number of ether oxygens (including phenoxy) is 2. The molecule has 4 heteroatoms. The zero-order valence-electron chi connectivity index (χ0n) is 12.4. The van der Waals surface area contributed by atoms with Crippen LogP contribution in [-0.2, 0) is 0 Å². The number of aliphatic hydroxyl groups is 1. The van der Waals surface area contributed by atoms with E-state index in [1.165, 1.54) is 25.7 Å². The third kappa shape index (κ3) is 4.12. The Labute approximate surface area is 121 Å². The second kappa shape index (κ2) is 6.95. The van der Waals surface area contributed by atoms with Crippen LogP contribution >= 0.6 is 0 Å². The molecule has 112 valence electrons. The molecule has 0 amide bonds. The largest absolute Gasteiger partial charge is 0.493 e. The molecule has 1 aromatic carbocycles. The van der Waals surface area contributed by atoms with Crippen LogP contribution in [0.4, 0.5) is 0 Å². The van der Waals surface area contributed by atoms with Crippen LogP contribution in [0.15, 0.2) is 24.3 Å². The smallest absolute Gasteiger partial charge is 0.161 e. The normalized spacial score (nSPS) is 18.8. The Hall–Kier alpha value is -1.26. The number of methoxy groups -OCH3 is 1. The molecule has 1 unspecified atom stereocenters. The zero-order valence-corrected chi connectivity index (χ0v) is 12.4. The molecule has 2 N–H and O–H groups in total. The summed E-state index contributed by atoms with van der Waals surface area (Å²) >= 11 is 0. The van der Waals surface area contributed by atoms with Crippen molar-refractivity contribution in [1.82, 2.24) is 5.32 Å². The molecule has 1 fully saturated rings. The first kappa shape index (κ1) is 15.1. The SMILES string of the molecule is COc1ccccc1OCC(O)CNC1(C)CCCC1. The highest BCUT2D eigenvalue weighted by atomic mass is 16.5. The van der Waals surface area contributed by atoms with Crippen molar-refractivity contribution < 1.29 is 14.6 Å². The summed E-state index contributed by atoms with van der Waals surface area (Å²) in [5.41, 5.74) is 0.186. The first-order valence-corrected chi connectivity index (χ1v) is 7.32. The van der Waals surface area contributed by atoms with Crippen LogP contribution in [0.1, 0.15) is 32.6 Å². The van der Waals surface area contributed by atoms with E-state index in [4.69, 9.17) is 9.47 Å². The second-order valence-electron chi connectivity index (χ2n) is 5.76. The van der Waals surface area contributed by atoms with E-state index in [0.29, 0.717) is 18.0 Å². The molecule has 1 aliphatic rings. The number of rotatable bonds is 7. The minimum absolute atomic E-state index is 0.186. The van der Waals surface area contributed by atoms with Gasteiger partial charge in [-0.2, -0.15) is 0 Å². The predicted octanol–water partition coefficient (Wildman–Crippen LogP) is 2.36. The van der Waals surface area contributed by atoms with E-state index >= 15 is 0 Å². The molecule has 20 heavy (non-hydrogen) atoms. The van der Waals surface area contributed by atoms with Gasteiger partial charge < -0.3 is 19.9 Å². The fourth-order valence-electron chi connectivity index (χ4n) is 2.68. The van der Waals surface area contributed by atoms with Crippen LogP contribution in [0.5, 0.6) is 11.5 Å². The molecular weight excluding hydrogens is 254 g/mol. The van der Waals surface area contributed by atoms with Crippen LogP contribution in [0, 0.1) is 0 Å². The van der Waals surface area contributed by atoms with Gasteiger partial charge in [0.25, 0.3) is 0 Å². The van der Waals surface area contributed by atoms with Gasteiger partial charge in [-0.3, -0.25) is 0 Å². The van der Waals surface area contributed by atoms with Gasteiger partial charge in [0.15, 0.2) is 11.5 Å². The minimum atomic E-state index is -0.516. The lowest BCUT2D eigenvalue weighted by molar-refractivity contribution is 0.0964. The highest BCUT2D eigenvalue weighted by molar-refractivity contribution is 5.39. The zero-order chi connectivity index (χ0) is 14.4. The summed E-state index contributed by atoms with van der Waals surface area (Å²) in [5.74, 6) is 1.36. The molecule has 1 aromatic rings. The van der Waals surface area contributed by atoms with Crippen molar-refractivity contribution in [3.05, 3.63) is 24.3 Å². The Kier molecular flexibility index (Phi) is 5.26. The van der Waals surface area contributed by atoms with Gasteiger partial charge in [-0.15, -0.1) is 0 Å². The number of para-hydroxylation sites is 2. The molecule has 1 atom stereocenters. The molecule has 0 aliphatic heterocycles. The van der Waals surface area contributed by atoms with Crippen molar-refractivity contribution >= 4 is 0 Å². The molecule has 0 saturated heterocycles. The van der Waals surface area contributed by atoms with E-state index < -0.39 is 6.10 Å². The van der Waals surface area contributed by atoms with E-state index in [1.807, 2.05) is 24.3 Å². The number of hydrogen-bond donors (Lipinski definition) is 2. The van der Waals surface area contributed by atoms with Crippen LogP contribution in [0.25, 0.3) is 0 Å². The van der Waals surface area contributed by atoms with Gasteiger partial charge in [0.2, 0.25) is 0 Å². The Bertz CT molecular complexity index is 416. The van der Waals surface area contributed by atoms with E-state index in [0.717, 1.165) is 0 Å². The monoisotopic (exact) mass is 279 g/mol. The molecule has 0 radical (unpaired) electrons. The third-order valence-corrected chi connectivity index (χ3v) is 3.97. The maximum absolute atomic E-state index is 10.0. The average molecular weight is 279 g/mol. The highest BCUT2D eigenvalue weighted by Gasteiger charge is 2.28. The lowest BCUT2D eigenvalue weighted by Crippen LogP contribution is -2.44. The molecule has 0 heterocycles. The van der Waals surface area contributed by atoms with Crippen molar-refractivity contribution in [1.29, 1.82) is 0 Å². The van der Waals surface area contributed by atoms with Crippen molar-refractivity contribution in [2.45, 2.75) is 44.2 Å². The Morgan fingerprint density at radius 2 is 1.90 bits per heavy atom. The Morgan fingerprint density at radius 1 is 1.25 bits per heavy atom. The van der Waals surface area contributed by atoms with Crippen molar-refractivity contribution in [2.24, 2.45) is 0 Å². The maximum Gasteiger partial charge on any atom is 0.161 e. The van der Waals surface area contributed by atoms with Gasteiger partial charge in [0.1, 0.15) is 12.7 Å². The maximum atomic E-state index is 10.0. The topological polar surface area (TPSA) is 50.7 Å². The summed E-state index contributed by atoms with van der Waals surface area (Å²) in [7, 11) is 1.61. The lowest BCUT2D eigenvalue weighted by Gasteiger charge is -2.27. The molecule has 0 aromatic heterocycles. The fraction of sp³-hybridized carbons (Fsp3) is 0.625. The number of aliphatic hydroxyl groups excluding tert-OH is 1. The summed E-state index contributed by atoms with van der Waals surface area (Å²) in [4.78, 5) is 0. The molecule has 1 saturated carbocycles. The van der Waals surface area contributed by atoms with E-state index in [-0.39, 0.29) is 12.1 Å². The summed E-state index contributed by atoms with van der Waals surface area (Å²) < 4.78 is 10.8. The van der Waals surface area contributed by atoms with Crippen LogP contribution < -0.4 is 14.8 Å². The van der Waals surface area contributed by atoms with Crippen LogP contribution in [0.2, 0.25) is 0 Å². The predicted molar refractivity (Wildman–Crippen MR) is 79.4 cm³/mol. The fourth-order valence-corrected chi connectivity index (χ4v) is 2.68. The van der Waals surface area contributed by atoms with E-state index in [9.17, 15) is 5.11 Å². The number of benzene rings is 1. The van der Waals surface area contributed by atoms with Crippen LogP contribution in [0.3, 0.4) is 0 Å². The summed E-state index contributed by atoms with van der Waals surface area (Å²) in [6, 6.07) is 7.48. The minimum Gasteiger partial charge on any atom is -0.493 e. The first-order valence-electron chi connectivity index (χ1n) is 7.32. The van der Waals surface area contributed by atoms with Crippen LogP contribution in [-0.4, -0.2) is 37.0 Å². The summed E-state index contributed by atoms with van der Waals surface area (Å²) in [6.45, 7) is 3.06. The van der Waals surface area contributed by atoms with Gasteiger partial charge in [0, 0.05) is 12.1 Å². The molecule has 0 bridgehead atoms. The lowest BCUT2D eigenvalue weighted by atomic mass is 10.0. The molecule has 4 nitrogen and oxygen atoms in total. The summed E-state index contributed by atoms with van der Waals surface area (Å²) in [5, 5.41) is 13.5. The standard InChI is InChI=1S/C16H25NO3/c1-16(9-5-6-10-16)17-11-13(18)12-20-15-8-4-3-7-14(15)19-2/h3-4,7-8,13,17-18H,5-6,9-12H2,1-2H3. The van der Waals surface area contributed by atoms with Crippen molar-refractivity contribution in [3.8, 4) is 11.5 Å². The Morgan fingerprint density at radius 3 is 2.55 bits per heavy atom. The van der Waals surface area contributed by atoms with Gasteiger partial charge in [-0.05, 0) is 31.9 Å². The summed E-state index contributed by atoms with van der Waals surface area (Å²) in [6.07, 6.45) is 4.41. The van der Waals surface area contributed by atoms with Gasteiger partial charge >= 0.3 is 0 Å². The average Bonchev–Trinajstić information content (AvgIpc) is 2.90. The number of β-amino-alcohol motifs (C(OH)–C–C–N with tert-alkyl or cyclic N) is 1. The second-order valence-corrected chi connectivity index (χ2v) is 5.76. The van der Waals surface area contributed by atoms with Gasteiger partial charge in [-0.25, -0.2) is 0 Å². The number of nitrogens with one attached hydrogen (secondary N) is 1. The molecule has 0 spiro atoms. The highest BCUT2D eigenvalue weighted by Crippen LogP contribution is 2.29. The van der Waals surface area contributed by atoms with Crippen molar-refractivity contribution in [3.63, 3.8) is 0 Å². The molecule has 2 rings (SSSR count). The molecule has 1 aliphatic carbocycles. The van der Waals surface area contributed by atoms with Gasteiger partial charge in [-0.1, -0.05) is 25.0 Å². The van der Waals surface area contributed by atoms with Crippen molar-refractivity contribution in [2.75, 3.05) is 20.3 Å². The number of hydrogen-bond acceptors (Lipinski definition) is 4. The third-order valence-electron chi connectivity index (χ3n) is 3.97. The Balaban J connectivity index is 1.76. The quantitative estimate of drug-likeness (QED) is 0.804. The first-order chi connectivity index (χ1) is 9.63. The van der Waals surface area contributed by atoms with E-state index in [2.05, 4.69) is 12.2 Å².